The number of benzene rings is 1. The van der Waals surface area contributed by atoms with Gasteiger partial charge in [0, 0.05) is 23.5 Å². The van der Waals surface area contributed by atoms with Crippen LogP contribution in [0.15, 0.2) is 40.2 Å². The van der Waals surface area contributed by atoms with Gasteiger partial charge in [-0.3, -0.25) is 4.79 Å². The second-order valence-corrected chi connectivity index (χ2v) is 7.99. The van der Waals surface area contributed by atoms with E-state index in [1.165, 1.54) is 0 Å². The van der Waals surface area contributed by atoms with Crippen molar-refractivity contribution >= 4 is 17.2 Å². The Morgan fingerprint density at radius 3 is 2.90 bits per heavy atom. The summed E-state index contributed by atoms with van der Waals surface area (Å²) in [5, 5.41) is 6.13. The summed E-state index contributed by atoms with van der Waals surface area (Å²) < 4.78 is 16.2. The maximum absolute atomic E-state index is 12.6. The lowest BCUT2D eigenvalue weighted by Crippen LogP contribution is -2.39. The van der Waals surface area contributed by atoms with Crippen LogP contribution in [0.5, 0.6) is 11.5 Å². The zero-order valence-electron chi connectivity index (χ0n) is 16.5. The third-order valence-corrected chi connectivity index (χ3v) is 5.99. The molecule has 1 aromatic carbocycles. The molecule has 0 saturated carbocycles. The first-order chi connectivity index (χ1) is 14.2. The van der Waals surface area contributed by atoms with Gasteiger partial charge >= 0.3 is 0 Å². The Morgan fingerprint density at radius 1 is 1.28 bits per heavy atom. The Labute approximate surface area is 173 Å². The van der Waals surface area contributed by atoms with Crippen LogP contribution in [0.1, 0.15) is 29.5 Å². The van der Waals surface area contributed by atoms with Crippen LogP contribution in [0.4, 0.5) is 0 Å². The number of hydrogen-bond acceptors (Lipinski definition) is 7. The SMILES string of the molecule is COc1ccc(-c2noc([C@H]3CCCN(C(=O)Cc4cccs4)C3)n2)cc1OC. The van der Waals surface area contributed by atoms with Gasteiger partial charge in [0.2, 0.25) is 17.6 Å². The van der Waals surface area contributed by atoms with Crippen molar-refractivity contribution in [2.75, 3.05) is 27.3 Å². The highest BCUT2D eigenvalue weighted by Crippen LogP contribution is 2.33. The van der Waals surface area contributed by atoms with Gasteiger partial charge in [-0.05, 0) is 42.5 Å². The Bertz CT molecular complexity index is 970. The Balaban J connectivity index is 1.47. The highest BCUT2D eigenvalue weighted by molar-refractivity contribution is 7.10. The predicted octanol–water partition coefficient (Wildman–Crippen LogP) is 3.76. The van der Waals surface area contributed by atoms with Crippen molar-refractivity contribution in [2.45, 2.75) is 25.2 Å². The van der Waals surface area contributed by atoms with Crippen LogP contribution in [0.25, 0.3) is 11.4 Å². The molecule has 3 aromatic rings. The molecule has 4 rings (SSSR count). The van der Waals surface area contributed by atoms with Crippen molar-refractivity contribution in [3.8, 4) is 22.9 Å². The summed E-state index contributed by atoms with van der Waals surface area (Å²) in [5.41, 5.74) is 0.791. The van der Waals surface area contributed by atoms with Crippen molar-refractivity contribution < 1.29 is 18.8 Å². The number of carbonyl (C=O) groups excluding carboxylic acids is 1. The van der Waals surface area contributed by atoms with Crippen LogP contribution in [-0.2, 0) is 11.2 Å². The van der Waals surface area contributed by atoms with Gasteiger partial charge in [-0.15, -0.1) is 11.3 Å². The number of ether oxygens (including phenoxy) is 2. The molecular formula is C21H23N3O4S. The number of nitrogens with zero attached hydrogens (tertiary/aromatic N) is 3. The lowest BCUT2D eigenvalue weighted by molar-refractivity contribution is -0.131. The van der Waals surface area contributed by atoms with Crippen LogP contribution >= 0.6 is 11.3 Å². The summed E-state index contributed by atoms with van der Waals surface area (Å²) in [5.74, 6) is 2.53. The normalized spacial score (nSPS) is 16.6. The third-order valence-electron chi connectivity index (χ3n) is 5.11. The maximum Gasteiger partial charge on any atom is 0.231 e. The molecule has 0 spiro atoms. The van der Waals surface area contributed by atoms with Gasteiger partial charge in [0.15, 0.2) is 11.5 Å². The molecule has 8 heteroatoms. The molecule has 0 bridgehead atoms. The van der Waals surface area contributed by atoms with Crippen LogP contribution in [0.3, 0.4) is 0 Å². The lowest BCUT2D eigenvalue weighted by atomic mass is 9.97. The molecule has 1 aliphatic heterocycles. The number of likely N-dealkylation sites (tertiary alicyclic amines) is 1. The predicted molar refractivity (Wildman–Crippen MR) is 109 cm³/mol. The number of amides is 1. The summed E-state index contributed by atoms with van der Waals surface area (Å²) in [6, 6.07) is 9.48. The molecule has 0 unspecified atom stereocenters. The summed E-state index contributed by atoms with van der Waals surface area (Å²) in [4.78, 5) is 20.2. The van der Waals surface area contributed by atoms with E-state index < -0.39 is 0 Å². The minimum atomic E-state index is 0.0532. The van der Waals surface area contributed by atoms with E-state index in [9.17, 15) is 4.79 Å². The molecule has 0 aliphatic carbocycles. The first-order valence-corrected chi connectivity index (χ1v) is 10.4. The highest BCUT2D eigenvalue weighted by Gasteiger charge is 2.29. The molecule has 3 heterocycles. The number of thiophene rings is 1. The van der Waals surface area contributed by atoms with E-state index in [1.54, 1.807) is 25.6 Å². The van der Waals surface area contributed by atoms with Gasteiger partial charge in [0.1, 0.15) is 0 Å². The van der Waals surface area contributed by atoms with E-state index in [1.807, 2.05) is 40.6 Å². The summed E-state index contributed by atoms with van der Waals surface area (Å²) >= 11 is 1.61. The quantitative estimate of drug-likeness (QED) is 0.612. The zero-order valence-corrected chi connectivity index (χ0v) is 17.3. The van der Waals surface area contributed by atoms with Crippen molar-refractivity contribution in [2.24, 2.45) is 0 Å². The smallest absolute Gasteiger partial charge is 0.231 e. The average molecular weight is 413 g/mol. The van der Waals surface area contributed by atoms with E-state index in [4.69, 9.17) is 14.0 Å². The number of aromatic nitrogens is 2. The fourth-order valence-electron chi connectivity index (χ4n) is 3.57. The molecule has 29 heavy (non-hydrogen) atoms. The summed E-state index contributed by atoms with van der Waals surface area (Å²) in [6.45, 7) is 1.38. The Morgan fingerprint density at radius 2 is 2.14 bits per heavy atom. The van der Waals surface area contributed by atoms with Crippen molar-refractivity contribution in [1.82, 2.24) is 15.0 Å². The van der Waals surface area contributed by atoms with Crippen molar-refractivity contribution in [1.29, 1.82) is 0 Å². The van der Waals surface area contributed by atoms with Gasteiger partial charge in [0.05, 0.1) is 26.6 Å². The van der Waals surface area contributed by atoms with E-state index >= 15 is 0 Å². The number of rotatable bonds is 6. The molecule has 1 amide bonds. The fourth-order valence-corrected chi connectivity index (χ4v) is 4.27. The van der Waals surface area contributed by atoms with Crippen LogP contribution in [0.2, 0.25) is 0 Å². The monoisotopic (exact) mass is 413 g/mol. The van der Waals surface area contributed by atoms with Crippen LogP contribution < -0.4 is 9.47 Å². The molecule has 1 aliphatic rings. The van der Waals surface area contributed by atoms with Gasteiger partial charge in [-0.25, -0.2) is 0 Å². The minimum absolute atomic E-state index is 0.0532. The van der Waals surface area contributed by atoms with Gasteiger partial charge in [-0.2, -0.15) is 4.98 Å². The molecule has 0 radical (unpaired) electrons. The number of piperidine rings is 1. The fraction of sp³-hybridized carbons (Fsp3) is 0.381. The standard InChI is InChI=1S/C21H23N3O4S/c1-26-17-8-7-14(11-18(17)27-2)20-22-21(28-23-20)15-5-3-9-24(13-15)19(25)12-16-6-4-10-29-16/h4,6-8,10-11,15H,3,5,9,12-13H2,1-2H3/t15-/m0/s1. The van der Waals surface area contributed by atoms with E-state index in [0.717, 1.165) is 29.8 Å². The molecule has 7 nitrogen and oxygen atoms in total. The van der Waals surface area contributed by atoms with Crippen LogP contribution in [0, 0.1) is 0 Å². The molecule has 1 saturated heterocycles. The molecule has 0 N–H and O–H groups in total. The Hall–Kier alpha value is -2.87. The van der Waals surface area contributed by atoms with E-state index in [0.29, 0.717) is 36.2 Å². The summed E-state index contributed by atoms with van der Waals surface area (Å²) in [6.07, 6.45) is 2.30. The molecule has 152 valence electrons. The lowest BCUT2D eigenvalue weighted by Gasteiger charge is -2.31. The van der Waals surface area contributed by atoms with Crippen molar-refractivity contribution in [3.63, 3.8) is 0 Å². The van der Waals surface area contributed by atoms with Crippen molar-refractivity contribution in [3.05, 3.63) is 46.5 Å². The van der Waals surface area contributed by atoms with E-state index in [2.05, 4.69) is 10.1 Å². The van der Waals surface area contributed by atoms with Gasteiger partial charge < -0.3 is 18.9 Å². The third kappa shape index (κ3) is 4.27. The average Bonchev–Trinajstić information content (AvgIpc) is 3.45. The second kappa shape index (κ2) is 8.65. The van der Waals surface area contributed by atoms with E-state index in [-0.39, 0.29) is 11.8 Å². The number of carbonyl (C=O) groups is 1. The molecular weight excluding hydrogens is 390 g/mol. The van der Waals surface area contributed by atoms with Gasteiger partial charge in [-0.1, -0.05) is 11.2 Å². The Kier molecular flexibility index (Phi) is 5.80. The zero-order chi connectivity index (χ0) is 20.2. The molecule has 2 aromatic heterocycles. The molecule has 1 fully saturated rings. The highest BCUT2D eigenvalue weighted by atomic mass is 32.1. The molecule has 1 atom stereocenters. The second-order valence-electron chi connectivity index (χ2n) is 6.96. The summed E-state index contributed by atoms with van der Waals surface area (Å²) in [7, 11) is 3.19. The first kappa shape index (κ1) is 19.4. The minimum Gasteiger partial charge on any atom is -0.493 e. The largest absolute Gasteiger partial charge is 0.493 e. The maximum atomic E-state index is 12.6. The van der Waals surface area contributed by atoms with Crippen LogP contribution in [-0.4, -0.2) is 48.3 Å². The topological polar surface area (TPSA) is 77.7 Å². The number of methoxy groups -OCH3 is 2. The van der Waals surface area contributed by atoms with Gasteiger partial charge in [0.25, 0.3) is 0 Å². The number of hydrogen-bond donors (Lipinski definition) is 0. The first-order valence-electron chi connectivity index (χ1n) is 9.54.